The van der Waals surface area contributed by atoms with Crippen LogP contribution in [0.5, 0.6) is 0 Å². The van der Waals surface area contributed by atoms with Crippen LogP contribution in [0.4, 0.5) is 0 Å². The van der Waals surface area contributed by atoms with Gasteiger partial charge in [-0.2, -0.15) is 0 Å². The van der Waals surface area contributed by atoms with Gasteiger partial charge in [-0.1, -0.05) is 84.9 Å². The molecule has 310 valence electrons. The minimum atomic E-state index is -4.22. The Morgan fingerprint density at radius 3 is 2.09 bits per heavy atom. The van der Waals surface area contributed by atoms with Gasteiger partial charge >= 0.3 is 7.60 Å². The van der Waals surface area contributed by atoms with Gasteiger partial charge in [0.1, 0.15) is 12.1 Å². The van der Waals surface area contributed by atoms with E-state index in [-0.39, 0.29) is 43.5 Å². The molecule has 5 rings (SSSR count). The van der Waals surface area contributed by atoms with Crippen LogP contribution < -0.4 is 21.7 Å². The van der Waals surface area contributed by atoms with Crippen LogP contribution in [-0.2, 0) is 34.7 Å². The second kappa shape index (κ2) is 20.0. The Balaban J connectivity index is 1.31. The summed E-state index contributed by atoms with van der Waals surface area (Å²) in [6, 6.07) is 22.8. The van der Waals surface area contributed by atoms with Gasteiger partial charge in [-0.15, -0.1) is 0 Å². The van der Waals surface area contributed by atoms with Gasteiger partial charge in [0, 0.05) is 44.2 Å². The molecule has 1 unspecified atom stereocenters. The largest absolute Gasteiger partial charge is 0.370 e. The lowest BCUT2D eigenvalue weighted by Gasteiger charge is -2.40. The van der Waals surface area contributed by atoms with Crippen LogP contribution >= 0.6 is 7.60 Å². The number of allylic oxidation sites excluding steroid dienone is 1. The monoisotopic (exact) mass is 814 g/mol. The number of hydrogen-bond donors (Lipinski definition) is 6. The van der Waals surface area contributed by atoms with Crippen molar-refractivity contribution in [1.82, 2.24) is 25.8 Å². The highest BCUT2D eigenvalue weighted by atomic mass is 31.2. The normalized spacial score (nSPS) is 19.6. The highest BCUT2D eigenvalue weighted by Gasteiger charge is 2.45. The molecule has 0 spiro atoms. The van der Waals surface area contributed by atoms with Crippen molar-refractivity contribution in [1.29, 1.82) is 0 Å². The van der Waals surface area contributed by atoms with Crippen LogP contribution in [0, 0.1) is 5.92 Å². The van der Waals surface area contributed by atoms with Crippen LogP contribution in [0.3, 0.4) is 0 Å². The first-order chi connectivity index (χ1) is 27.6. The maximum atomic E-state index is 14.5. The third kappa shape index (κ3) is 12.2. The molecule has 3 aromatic rings. The van der Waals surface area contributed by atoms with Crippen LogP contribution in [0.25, 0.3) is 5.57 Å². The lowest BCUT2D eigenvalue weighted by molar-refractivity contribution is -0.146. The lowest BCUT2D eigenvalue weighted by atomic mass is 9.98. The first-order valence-electron chi connectivity index (χ1n) is 19.7. The summed E-state index contributed by atoms with van der Waals surface area (Å²) in [5.74, 6) is -2.95. The molecule has 0 bridgehead atoms. The number of hydrogen-bond acceptors (Lipinski definition) is 7. The van der Waals surface area contributed by atoms with Crippen molar-refractivity contribution in [2.45, 2.75) is 89.2 Å². The Morgan fingerprint density at radius 1 is 0.897 bits per heavy atom. The van der Waals surface area contributed by atoms with Gasteiger partial charge in [-0.25, -0.2) is 0 Å². The van der Waals surface area contributed by atoms with Crippen molar-refractivity contribution < 1.29 is 38.3 Å². The number of fused-ring (bicyclic) bond motifs is 1. The highest BCUT2D eigenvalue weighted by molar-refractivity contribution is 7.50. The second-order valence-electron chi connectivity index (χ2n) is 15.5. The van der Waals surface area contributed by atoms with Crippen molar-refractivity contribution in [2.75, 3.05) is 19.6 Å². The number of rotatable bonds is 16. The number of nitrogens with two attached hydrogens (primary N) is 1. The van der Waals surface area contributed by atoms with Gasteiger partial charge < -0.3 is 36.4 Å². The van der Waals surface area contributed by atoms with E-state index in [4.69, 9.17) is 5.73 Å². The summed E-state index contributed by atoms with van der Waals surface area (Å²) in [6.07, 6.45) is 2.49. The summed E-state index contributed by atoms with van der Waals surface area (Å²) in [5.41, 5.74) is 8.96. The third-order valence-corrected chi connectivity index (χ3v) is 11.7. The SMILES string of the molecule is C/C(=C\C(=O)NCC1CN(C(C)C)CC[C@H]2CC[C@@H](C(=O)N[C@@H](CCC(N)=O)C(=O)NC(c3ccccc3)c3ccccc3)N2C1=O)c1ccc(CP(=O)(O)O)cc1. The zero-order chi connectivity index (χ0) is 42.0. The number of primary amides is 1. The minimum absolute atomic E-state index is 0.0213. The Labute approximate surface area is 339 Å². The number of nitrogens with zero attached hydrogens (tertiary/aromatic N) is 2. The minimum Gasteiger partial charge on any atom is -0.370 e. The molecule has 14 nitrogen and oxygen atoms in total. The molecular weight excluding hydrogens is 759 g/mol. The zero-order valence-corrected chi connectivity index (χ0v) is 34.1. The van der Waals surface area contributed by atoms with Crippen molar-refractivity contribution in [3.05, 3.63) is 113 Å². The Hall–Kier alpha value is -5.14. The van der Waals surface area contributed by atoms with E-state index < -0.39 is 55.3 Å². The van der Waals surface area contributed by atoms with E-state index in [0.717, 1.165) is 11.1 Å². The standard InChI is InChI=1S/C43H55N6O8P/c1-28(2)48-23-22-35-18-20-37(49(35)43(54)34(26-48)25-45-39(51)24-29(3)31-16-14-30(15-17-31)27-58(55,56)57)42(53)46-36(19-21-38(44)50)41(52)47-40(32-10-6-4-7-11-32)33-12-8-5-9-13-33/h4-17,24,28,34-37,40H,18-23,25-27H2,1-3H3,(H2,44,50)(H,45,51)(H,46,53)(H,47,52)(H2,55,56,57)/b29-24+/t34?,35-,36+,37+/m1/s1. The third-order valence-electron chi connectivity index (χ3n) is 10.9. The van der Waals surface area contributed by atoms with Gasteiger partial charge in [0.2, 0.25) is 29.5 Å². The molecule has 0 saturated carbocycles. The molecule has 3 aromatic carbocycles. The van der Waals surface area contributed by atoms with E-state index in [1.54, 1.807) is 36.1 Å². The van der Waals surface area contributed by atoms with E-state index >= 15 is 0 Å². The fourth-order valence-electron chi connectivity index (χ4n) is 7.74. The van der Waals surface area contributed by atoms with Crippen molar-refractivity contribution in [3.63, 3.8) is 0 Å². The molecule has 7 N–H and O–H groups in total. The van der Waals surface area contributed by atoms with Gasteiger partial charge in [-0.05, 0) is 74.3 Å². The van der Waals surface area contributed by atoms with Crippen molar-refractivity contribution in [3.8, 4) is 0 Å². The molecule has 2 aliphatic rings. The molecule has 15 heteroatoms. The Bertz CT molecular complexity index is 1950. The average molecular weight is 815 g/mol. The molecule has 0 aromatic heterocycles. The first kappa shape index (κ1) is 44.0. The van der Waals surface area contributed by atoms with Crippen LogP contribution in [0.1, 0.15) is 81.2 Å². The molecule has 0 aliphatic carbocycles. The van der Waals surface area contributed by atoms with Gasteiger partial charge in [-0.3, -0.25) is 33.4 Å². The quantitative estimate of drug-likeness (QED) is 0.0920. The molecule has 4 atom stereocenters. The maximum absolute atomic E-state index is 14.5. The number of carbonyl (C=O) groups excluding carboxylic acids is 5. The summed E-state index contributed by atoms with van der Waals surface area (Å²) in [5, 5.41) is 8.84. The smallest absolute Gasteiger partial charge is 0.329 e. The summed E-state index contributed by atoms with van der Waals surface area (Å²) in [4.78, 5) is 90.2. The van der Waals surface area contributed by atoms with E-state index in [9.17, 15) is 38.3 Å². The predicted molar refractivity (Wildman–Crippen MR) is 221 cm³/mol. The summed E-state index contributed by atoms with van der Waals surface area (Å²) in [7, 11) is -4.22. The molecule has 58 heavy (non-hydrogen) atoms. The average Bonchev–Trinajstić information content (AvgIpc) is 3.61. The van der Waals surface area contributed by atoms with Gasteiger partial charge in [0.15, 0.2) is 0 Å². The summed E-state index contributed by atoms with van der Waals surface area (Å²) < 4.78 is 11.4. The molecule has 2 heterocycles. The van der Waals surface area contributed by atoms with E-state index in [1.165, 1.54) is 6.08 Å². The van der Waals surface area contributed by atoms with Crippen molar-refractivity contribution in [2.24, 2.45) is 11.7 Å². The predicted octanol–water partition coefficient (Wildman–Crippen LogP) is 3.63. The number of amides is 5. The lowest BCUT2D eigenvalue weighted by Crippen LogP contribution is -2.58. The van der Waals surface area contributed by atoms with Crippen LogP contribution in [0.15, 0.2) is 91.0 Å². The Kier molecular flexibility index (Phi) is 15.2. The highest BCUT2D eigenvalue weighted by Crippen LogP contribution is 2.39. The molecule has 2 saturated heterocycles. The maximum Gasteiger partial charge on any atom is 0.329 e. The van der Waals surface area contributed by atoms with E-state index in [1.807, 2.05) is 60.7 Å². The number of carbonyl (C=O) groups is 5. The summed E-state index contributed by atoms with van der Waals surface area (Å²) >= 11 is 0. The number of nitrogens with one attached hydrogen (secondary N) is 3. The second-order valence-corrected chi connectivity index (χ2v) is 17.1. The first-order valence-corrected chi connectivity index (χ1v) is 21.5. The van der Waals surface area contributed by atoms with Crippen LogP contribution in [0.2, 0.25) is 0 Å². The van der Waals surface area contributed by atoms with Crippen molar-refractivity contribution >= 4 is 42.7 Å². The van der Waals surface area contributed by atoms with Crippen LogP contribution in [-0.4, -0.2) is 92.9 Å². The topological polar surface area (TPSA) is 211 Å². The Morgan fingerprint density at radius 2 is 1.52 bits per heavy atom. The fraction of sp³-hybridized carbons (Fsp3) is 0.419. The number of benzene rings is 3. The fourth-order valence-corrected chi connectivity index (χ4v) is 8.42. The van der Waals surface area contributed by atoms with Gasteiger partial charge in [0.25, 0.3) is 0 Å². The zero-order valence-electron chi connectivity index (χ0n) is 33.3. The molecule has 2 fully saturated rings. The molecular formula is C43H55N6O8P. The van der Waals surface area contributed by atoms with E-state index in [2.05, 4.69) is 34.7 Å². The van der Waals surface area contributed by atoms with Gasteiger partial charge in [0.05, 0.1) is 18.1 Å². The van der Waals surface area contributed by atoms with E-state index in [0.29, 0.717) is 49.1 Å². The molecule has 0 radical (unpaired) electrons. The molecule has 2 aliphatic heterocycles. The summed E-state index contributed by atoms with van der Waals surface area (Å²) in [6.45, 7) is 6.93. The molecule has 5 amide bonds.